The Kier molecular flexibility index (Phi) is 9.73. The number of benzene rings is 3. The molecule has 0 radical (unpaired) electrons. The van der Waals surface area contributed by atoms with Gasteiger partial charge in [0.25, 0.3) is 17.5 Å². The Bertz CT molecular complexity index is 1560. The SMILES string of the molecule is C[C@H](Oc1ccc(Cl)cc1Cl)C(=O)N[C@@H](Cc1ccccc1)C(=O)N/N=C\c1ccc(-c2ccc([N+](=O)[O-])cc2)o1. The van der Waals surface area contributed by atoms with Crippen LogP contribution in [0.5, 0.6) is 5.75 Å². The minimum Gasteiger partial charge on any atom is -0.479 e. The maximum Gasteiger partial charge on any atom is 0.269 e. The van der Waals surface area contributed by atoms with E-state index in [9.17, 15) is 19.7 Å². The lowest BCUT2D eigenvalue weighted by molar-refractivity contribution is -0.384. The lowest BCUT2D eigenvalue weighted by atomic mass is 10.1. The largest absolute Gasteiger partial charge is 0.479 e. The summed E-state index contributed by atoms with van der Waals surface area (Å²) >= 11 is 12.1. The molecular formula is C29H24Cl2N4O6. The van der Waals surface area contributed by atoms with Gasteiger partial charge in [0, 0.05) is 29.1 Å². The average molecular weight is 595 g/mol. The monoisotopic (exact) mass is 594 g/mol. The Labute approximate surface area is 245 Å². The summed E-state index contributed by atoms with van der Waals surface area (Å²) in [5.41, 5.74) is 3.87. The predicted molar refractivity (Wildman–Crippen MR) is 155 cm³/mol. The Morgan fingerprint density at radius 3 is 2.44 bits per heavy atom. The van der Waals surface area contributed by atoms with Crippen molar-refractivity contribution < 1.29 is 23.7 Å². The maximum absolute atomic E-state index is 13.1. The van der Waals surface area contributed by atoms with Crippen LogP contribution < -0.4 is 15.5 Å². The summed E-state index contributed by atoms with van der Waals surface area (Å²) in [6, 6.07) is 22.1. The van der Waals surface area contributed by atoms with Crippen LogP contribution in [0.4, 0.5) is 5.69 Å². The van der Waals surface area contributed by atoms with Gasteiger partial charge in [-0.25, -0.2) is 5.43 Å². The van der Waals surface area contributed by atoms with Crippen molar-refractivity contribution in [1.82, 2.24) is 10.7 Å². The maximum atomic E-state index is 13.1. The van der Waals surface area contributed by atoms with E-state index in [0.29, 0.717) is 22.1 Å². The van der Waals surface area contributed by atoms with E-state index in [1.54, 1.807) is 36.4 Å². The second kappa shape index (κ2) is 13.6. The van der Waals surface area contributed by atoms with Crippen LogP contribution in [-0.4, -0.2) is 35.1 Å². The normalized spacial score (nSPS) is 12.5. The zero-order chi connectivity index (χ0) is 29.4. The fourth-order valence-corrected chi connectivity index (χ4v) is 4.18. The van der Waals surface area contributed by atoms with Gasteiger partial charge in [-0.3, -0.25) is 19.7 Å². The summed E-state index contributed by atoms with van der Waals surface area (Å²) in [7, 11) is 0. The van der Waals surface area contributed by atoms with Gasteiger partial charge in [-0.1, -0.05) is 53.5 Å². The molecule has 0 aliphatic heterocycles. The number of rotatable bonds is 11. The molecule has 1 aromatic heterocycles. The number of hydrazone groups is 1. The van der Waals surface area contributed by atoms with Crippen molar-refractivity contribution in [3.05, 3.63) is 116 Å². The molecule has 2 amide bonds. The van der Waals surface area contributed by atoms with Crippen LogP contribution in [0.15, 0.2) is 94.4 Å². The zero-order valence-electron chi connectivity index (χ0n) is 21.6. The standard InChI is InChI=1S/C29H24Cl2N4O6/c1-18(40-27-13-9-21(30)16-24(27)31)28(36)33-25(15-19-5-3-2-4-6-19)29(37)34-32-17-23-12-14-26(41-23)20-7-10-22(11-8-20)35(38)39/h2-14,16-18,25H,15H2,1H3,(H,33,36)(H,34,37)/b32-17-/t18-,25-/m0/s1. The van der Waals surface area contributed by atoms with Gasteiger partial charge in [-0.2, -0.15) is 5.10 Å². The number of furan rings is 1. The Hall–Kier alpha value is -4.67. The van der Waals surface area contributed by atoms with Crippen LogP contribution in [-0.2, 0) is 16.0 Å². The van der Waals surface area contributed by atoms with E-state index in [4.69, 9.17) is 32.4 Å². The van der Waals surface area contributed by atoms with Gasteiger partial charge >= 0.3 is 0 Å². The Morgan fingerprint density at radius 1 is 1.02 bits per heavy atom. The lowest BCUT2D eigenvalue weighted by Crippen LogP contribution is -2.50. The number of nitro benzene ring substituents is 1. The first-order valence-electron chi connectivity index (χ1n) is 12.3. The van der Waals surface area contributed by atoms with E-state index in [1.807, 2.05) is 30.3 Å². The fraction of sp³-hybridized carbons (Fsp3) is 0.138. The molecule has 0 fully saturated rings. The smallest absolute Gasteiger partial charge is 0.269 e. The molecule has 2 atom stereocenters. The minimum absolute atomic E-state index is 0.0308. The molecule has 4 rings (SSSR count). The summed E-state index contributed by atoms with van der Waals surface area (Å²) < 4.78 is 11.4. The summed E-state index contributed by atoms with van der Waals surface area (Å²) in [5.74, 6) is -0.00747. The van der Waals surface area contributed by atoms with Gasteiger partial charge in [-0.15, -0.1) is 0 Å². The number of nitrogens with zero attached hydrogens (tertiary/aromatic N) is 2. The highest BCUT2D eigenvalue weighted by molar-refractivity contribution is 6.35. The van der Waals surface area contributed by atoms with Gasteiger partial charge in [0.15, 0.2) is 6.10 Å². The van der Waals surface area contributed by atoms with E-state index in [0.717, 1.165) is 5.56 Å². The lowest BCUT2D eigenvalue weighted by Gasteiger charge is -2.21. The first-order valence-corrected chi connectivity index (χ1v) is 13.1. The molecule has 0 aliphatic carbocycles. The summed E-state index contributed by atoms with van der Waals surface area (Å²) in [5, 5.41) is 18.2. The third-order valence-electron chi connectivity index (χ3n) is 5.84. The van der Waals surface area contributed by atoms with Gasteiger partial charge in [0.1, 0.15) is 23.3 Å². The van der Waals surface area contributed by atoms with Crippen molar-refractivity contribution in [1.29, 1.82) is 0 Å². The molecule has 10 nitrogen and oxygen atoms in total. The summed E-state index contributed by atoms with van der Waals surface area (Å²) in [4.78, 5) is 36.4. The van der Waals surface area contributed by atoms with Crippen molar-refractivity contribution in [3.63, 3.8) is 0 Å². The Morgan fingerprint density at radius 2 is 1.76 bits per heavy atom. The molecule has 210 valence electrons. The summed E-state index contributed by atoms with van der Waals surface area (Å²) in [6.45, 7) is 1.54. The molecule has 4 aromatic rings. The van der Waals surface area contributed by atoms with E-state index in [1.165, 1.54) is 31.3 Å². The quantitative estimate of drug-likeness (QED) is 0.128. The molecule has 2 N–H and O–H groups in total. The number of carbonyl (C=O) groups excluding carboxylic acids is 2. The van der Waals surface area contributed by atoms with Crippen LogP contribution >= 0.6 is 23.2 Å². The number of halogens is 2. The number of nitro groups is 1. The van der Waals surface area contributed by atoms with Crippen molar-refractivity contribution in [2.45, 2.75) is 25.5 Å². The second-order valence-corrected chi connectivity index (χ2v) is 9.67. The highest BCUT2D eigenvalue weighted by Crippen LogP contribution is 2.28. The molecule has 0 bridgehead atoms. The van der Waals surface area contributed by atoms with E-state index < -0.39 is 28.9 Å². The number of nitrogens with one attached hydrogen (secondary N) is 2. The van der Waals surface area contributed by atoms with Crippen molar-refractivity contribution in [3.8, 4) is 17.1 Å². The average Bonchev–Trinajstić information content (AvgIpc) is 3.43. The first-order chi connectivity index (χ1) is 19.7. The molecule has 0 unspecified atom stereocenters. The molecule has 12 heteroatoms. The molecule has 0 spiro atoms. The van der Waals surface area contributed by atoms with Gasteiger partial charge < -0.3 is 14.5 Å². The van der Waals surface area contributed by atoms with Crippen molar-refractivity contribution in [2.75, 3.05) is 0 Å². The van der Waals surface area contributed by atoms with Crippen molar-refractivity contribution >= 4 is 46.9 Å². The van der Waals surface area contributed by atoms with Crippen LogP contribution in [0.2, 0.25) is 10.0 Å². The van der Waals surface area contributed by atoms with Crippen LogP contribution in [0.1, 0.15) is 18.2 Å². The van der Waals surface area contributed by atoms with Gasteiger partial charge in [0.05, 0.1) is 16.2 Å². The third kappa shape index (κ3) is 8.17. The van der Waals surface area contributed by atoms with Crippen LogP contribution in [0.25, 0.3) is 11.3 Å². The van der Waals surface area contributed by atoms with Crippen molar-refractivity contribution in [2.24, 2.45) is 5.10 Å². The number of carbonyl (C=O) groups is 2. The minimum atomic E-state index is -0.971. The highest BCUT2D eigenvalue weighted by atomic mass is 35.5. The number of hydrogen-bond acceptors (Lipinski definition) is 7. The molecule has 0 saturated heterocycles. The number of amides is 2. The molecule has 0 saturated carbocycles. The van der Waals surface area contributed by atoms with E-state index >= 15 is 0 Å². The van der Waals surface area contributed by atoms with Gasteiger partial charge in [-0.05, 0) is 55.0 Å². The fourth-order valence-electron chi connectivity index (χ4n) is 3.73. The molecule has 1 heterocycles. The number of hydrogen-bond donors (Lipinski definition) is 2. The molecule has 41 heavy (non-hydrogen) atoms. The molecular weight excluding hydrogens is 571 g/mol. The first kappa shape index (κ1) is 29.3. The highest BCUT2D eigenvalue weighted by Gasteiger charge is 2.25. The topological polar surface area (TPSA) is 136 Å². The molecule has 0 aliphatic rings. The Balaban J connectivity index is 1.41. The van der Waals surface area contributed by atoms with Crippen LogP contribution in [0, 0.1) is 10.1 Å². The number of non-ortho nitro benzene ring substituents is 1. The van der Waals surface area contributed by atoms with E-state index in [-0.39, 0.29) is 22.9 Å². The molecule has 3 aromatic carbocycles. The van der Waals surface area contributed by atoms with E-state index in [2.05, 4.69) is 15.8 Å². The van der Waals surface area contributed by atoms with Gasteiger partial charge in [0.2, 0.25) is 0 Å². The zero-order valence-corrected chi connectivity index (χ0v) is 23.1. The third-order valence-corrected chi connectivity index (χ3v) is 6.37. The summed E-state index contributed by atoms with van der Waals surface area (Å²) in [6.07, 6.45) is 0.541. The second-order valence-electron chi connectivity index (χ2n) is 8.83. The number of ether oxygens (including phenoxy) is 1. The predicted octanol–water partition coefficient (Wildman–Crippen LogP) is 5.81. The van der Waals surface area contributed by atoms with Crippen LogP contribution in [0.3, 0.4) is 0 Å².